The lowest BCUT2D eigenvalue weighted by molar-refractivity contribution is -0.122. The summed E-state index contributed by atoms with van der Waals surface area (Å²) in [6, 6.07) is 20.5. The number of carbonyl (C=O) groups excluding carboxylic acids is 4. The molecule has 0 atom stereocenters. The molecule has 0 unspecified atom stereocenters. The van der Waals surface area contributed by atoms with Crippen LogP contribution in [0.4, 0.5) is 20.6 Å². The Morgan fingerprint density at radius 2 is 1.61 bits per heavy atom. The molecule has 0 spiro atoms. The molecular weight excluding hydrogens is 463 g/mol. The number of benzene rings is 3. The van der Waals surface area contributed by atoms with E-state index in [2.05, 4.69) is 10.6 Å². The van der Waals surface area contributed by atoms with E-state index in [9.17, 15) is 23.6 Å². The Bertz CT molecular complexity index is 1560. The number of aromatic nitrogens is 1. The van der Waals surface area contributed by atoms with Crippen molar-refractivity contribution < 1.29 is 23.6 Å². The number of nitrogens with one attached hydrogen (secondary N) is 2. The number of rotatable bonds is 5. The SMILES string of the molecule is O=C(Cn1cc(/C=C2/C(=O)NC(=O)N(c3ccccc3F)C2=O)c2ccccc21)Nc1ccccc1. The van der Waals surface area contributed by atoms with E-state index in [1.165, 1.54) is 24.3 Å². The summed E-state index contributed by atoms with van der Waals surface area (Å²) in [5.74, 6) is -2.89. The number of halogens is 1. The normalized spacial score (nSPS) is 14.9. The molecule has 5 rings (SSSR count). The summed E-state index contributed by atoms with van der Waals surface area (Å²) < 4.78 is 16.0. The van der Waals surface area contributed by atoms with Crippen LogP contribution in [0.15, 0.2) is 90.6 Å². The summed E-state index contributed by atoms with van der Waals surface area (Å²) in [5.41, 5.74) is 1.24. The van der Waals surface area contributed by atoms with Crippen molar-refractivity contribution in [1.29, 1.82) is 0 Å². The molecule has 8 nitrogen and oxygen atoms in total. The molecule has 9 heteroatoms. The number of amides is 5. The number of anilines is 2. The first-order valence-corrected chi connectivity index (χ1v) is 11.0. The number of fused-ring (bicyclic) bond motifs is 1. The zero-order valence-corrected chi connectivity index (χ0v) is 18.8. The van der Waals surface area contributed by atoms with Gasteiger partial charge in [-0.15, -0.1) is 0 Å². The summed E-state index contributed by atoms with van der Waals surface area (Å²) in [4.78, 5) is 51.4. The molecule has 1 fully saturated rings. The highest BCUT2D eigenvalue weighted by atomic mass is 19.1. The molecule has 0 radical (unpaired) electrons. The van der Waals surface area contributed by atoms with Gasteiger partial charge in [0.25, 0.3) is 11.8 Å². The number of barbiturate groups is 1. The largest absolute Gasteiger partial charge is 0.337 e. The van der Waals surface area contributed by atoms with E-state index in [1.54, 1.807) is 35.0 Å². The van der Waals surface area contributed by atoms with Gasteiger partial charge in [-0.1, -0.05) is 48.5 Å². The quantitative estimate of drug-likeness (QED) is 0.331. The number of nitrogens with zero attached hydrogens (tertiary/aromatic N) is 2. The van der Waals surface area contributed by atoms with Crippen LogP contribution in [-0.4, -0.2) is 28.3 Å². The molecule has 0 aliphatic carbocycles. The lowest BCUT2D eigenvalue weighted by atomic mass is 10.1. The molecule has 1 aliphatic heterocycles. The smallest absolute Gasteiger partial charge is 0.336 e. The second-order valence-corrected chi connectivity index (χ2v) is 8.05. The van der Waals surface area contributed by atoms with Gasteiger partial charge in [0.15, 0.2) is 0 Å². The Morgan fingerprint density at radius 1 is 0.917 bits per heavy atom. The van der Waals surface area contributed by atoms with E-state index in [0.717, 1.165) is 6.07 Å². The zero-order chi connectivity index (χ0) is 25.2. The van der Waals surface area contributed by atoms with Crippen LogP contribution in [-0.2, 0) is 20.9 Å². The lowest BCUT2D eigenvalue weighted by Gasteiger charge is -2.26. The predicted octanol–water partition coefficient (Wildman–Crippen LogP) is 4.09. The van der Waals surface area contributed by atoms with E-state index < -0.39 is 23.7 Å². The fraction of sp³-hybridized carbons (Fsp3) is 0.0370. The Kier molecular flexibility index (Phi) is 5.87. The van der Waals surface area contributed by atoms with Gasteiger partial charge < -0.3 is 9.88 Å². The minimum absolute atomic E-state index is 0.0153. The van der Waals surface area contributed by atoms with Crippen molar-refractivity contribution in [3.05, 3.63) is 102 Å². The number of urea groups is 1. The van der Waals surface area contributed by atoms with Gasteiger partial charge in [-0.2, -0.15) is 0 Å². The third-order valence-corrected chi connectivity index (χ3v) is 5.69. The van der Waals surface area contributed by atoms with E-state index in [0.29, 0.717) is 27.1 Å². The number of carbonyl (C=O) groups is 4. The maximum absolute atomic E-state index is 14.3. The third-order valence-electron chi connectivity index (χ3n) is 5.69. The molecule has 1 saturated heterocycles. The number of hydrogen-bond donors (Lipinski definition) is 2. The average molecular weight is 482 g/mol. The molecule has 5 amide bonds. The van der Waals surface area contributed by atoms with Crippen molar-refractivity contribution in [3.8, 4) is 0 Å². The van der Waals surface area contributed by atoms with Gasteiger partial charge in [-0.3, -0.25) is 19.7 Å². The summed E-state index contributed by atoms with van der Waals surface area (Å²) in [7, 11) is 0. The van der Waals surface area contributed by atoms with Crippen LogP contribution >= 0.6 is 0 Å². The molecule has 36 heavy (non-hydrogen) atoms. The highest BCUT2D eigenvalue weighted by molar-refractivity contribution is 6.39. The van der Waals surface area contributed by atoms with Crippen molar-refractivity contribution >= 4 is 52.1 Å². The second kappa shape index (κ2) is 9.30. The first kappa shape index (κ1) is 22.7. The summed E-state index contributed by atoms with van der Waals surface area (Å²) in [6.45, 7) is -0.0153. The van der Waals surface area contributed by atoms with Crippen molar-refractivity contribution in [1.82, 2.24) is 9.88 Å². The van der Waals surface area contributed by atoms with Gasteiger partial charge in [-0.05, 0) is 36.4 Å². The maximum atomic E-state index is 14.3. The summed E-state index contributed by atoms with van der Waals surface area (Å²) >= 11 is 0. The van der Waals surface area contributed by atoms with Crippen molar-refractivity contribution in [2.75, 3.05) is 10.2 Å². The maximum Gasteiger partial charge on any atom is 0.336 e. The Morgan fingerprint density at radius 3 is 2.39 bits per heavy atom. The molecule has 2 heterocycles. The van der Waals surface area contributed by atoms with Crippen LogP contribution in [0.5, 0.6) is 0 Å². The average Bonchev–Trinajstić information content (AvgIpc) is 3.20. The molecule has 4 aromatic rings. The van der Waals surface area contributed by atoms with E-state index in [-0.39, 0.29) is 23.7 Å². The van der Waals surface area contributed by atoms with Gasteiger partial charge in [0.05, 0.1) is 5.69 Å². The minimum atomic E-state index is -1.03. The highest BCUT2D eigenvalue weighted by Crippen LogP contribution is 2.27. The van der Waals surface area contributed by atoms with E-state index >= 15 is 0 Å². The number of hydrogen-bond acceptors (Lipinski definition) is 4. The van der Waals surface area contributed by atoms with Crippen LogP contribution in [0.25, 0.3) is 17.0 Å². The fourth-order valence-corrected chi connectivity index (χ4v) is 4.06. The molecule has 2 N–H and O–H groups in total. The van der Waals surface area contributed by atoms with E-state index in [4.69, 9.17) is 0 Å². The molecule has 3 aromatic carbocycles. The number of para-hydroxylation sites is 3. The second-order valence-electron chi connectivity index (χ2n) is 8.05. The van der Waals surface area contributed by atoms with Gasteiger partial charge in [0.1, 0.15) is 17.9 Å². The molecule has 0 saturated carbocycles. The monoisotopic (exact) mass is 482 g/mol. The Hall–Kier alpha value is -5.05. The minimum Gasteiger partial charge on any atom is -0.337 e. The fourth-order valence-electron chi connectivity index (χ4n) is 4.06. The van der Waals surface area contributed by atoms with Gasteiger partial charge in [0.2, 0.25) is 5.91 Å². The van der Waals surface area contributed by atoms with Gasteiger partial charge in [0, 0.05) is 28.4 Å². The predicted molar refractivity (Wildman–Crippen MR) is 132 cm³/mol. The first-order chi connectivity index (χ1) is 17.4. The third kappa shape index (κ3) is 4.25. The van der Waals surface area contributed by atoms with E-state index in [1.807, 2.05) is 30.3 Å². The standard InChI is InChI=1S/C27H19FN4O4/c28-21-11-5-7-13-23(21)32-26(35)20(25(34)30-27(32)36)14-17-15-31(22-12-6-4-10-19(17)22)16-24(33)29-18-8-2-1-3-9-18/h1-15H,16H2,(H,29,33)(H,30,34,36)/b20-14-. The summed E-state index contributed by atoms with van der Waals surface area (Å²) in [5, 5.41) is 5.60. The zero-order valence-electron chi connectivity index (χ0n) is 18.8. The molecule has 178 valence electrons. The lowest BCUT2D eigenvalue weighted by Crippen LogP contribution is -2.54. The molecule has 1 aliphatic rings. The van der Waals surface area contributed by atoms with Crippen LogP contribution in [0.1, 0.15) is 5.56 Å². The molecule has 0 bridgehead atoms. The van der Waals surface area contributed by atoms with Crippen LogP contribution in [0.3, 0.4) is 0 Å². The van der Waals surface area contributed by atoms with Crippen LogP contribution < -0.4 is 15.5 Å². The Labute approximate surface area is 204 Å². The Balaban J connectivity index is 1.50. The number of imide groups is 2. The van der Waals surface area contributed by atoms with Crippen molar-refractivity contribution in [2.45, 2.75) is 6.54 Å². The molecular formula is C27H19FN4O4. The van der Waals surface area contributed by atoms with Crippen LogP contribution in [0, 0.1) is 5.82 Å². The molecule has 1 aromatic heterocycles. The van der Waals surface area contributed by atoms with Crippen LogP contribution in [0.2, 0.25) is 0 Å². The van der Waals surface area contributed by atoms with Crippen molar-refractivity contribution in [2.24, 2.45) is 0 Å². The first-order valence-electron chi connectivity index (χ1n) is 11.0. The van der Waals surface area contributed by atoms with Crippen molar-refractivity contribution in [3.63, 3.8) is 0 Å². The highest BCUT2D eigenvalue weighted by Gasteiger charge is 2.38. The van der Waals surface area contributed by atoms with Gasteiger partial charge in [-0.25, -0.2) is 14.1 Å². The summed E-state index contributed by atoms with van der Waals surface area (Å²) in [6.07, 6.45) is 2.98. The topological polar surface area (TPSA) is 101 Å². The van der Waals surface area contributed by atoms with Gasteiger partial charge >= 0.3 is 6.03 Å².